The van der Waals surface area contributed by atoms with E-state index >= 15 is 0 Å². The van der Waals surface area contributed by atoms with Gasteiger partial charge in [-0.25, -0.2) is 0 Å². The van der Waals surface area contributed by atoms with Gasteiger partial charge in [0.2, 0.25) is 0 Å². The largest absolute Gasteiger partial charge is 1.00 e. The summed E-state index contributed by atoms with van der Waals surface area (Å²) >= 11 is 15.7. The van der Waals surface area contributed by atoms with Crippen LogP contribution in [0.4, 0.5) is 0 Å². The highest BCUT2D eigenvalue weighted by molar-refractivity contribution is 8.15. The van der Waals surface area contributed by atoms with Crippen LogP contribution in [0, 0.1) is 0 Å². The summed E-state index contributed by atoms with van der Waals surface area (Å²) in [5, 5.41) is 44.3. The molecule has 0 radical (unpaired) electrons. The first-order chi connectivity index (χ1) is 17.5. The van der Waals surface area contributed by atoms with Crippen molar-refractivity contribution < 1.29 is 68.8 Å². The number of hydrogen-bond donors (Lipinski definition) is 10. The van der Waals surface area contributed by atoms with Gasteiger partial charge in [-0.1, -0.05) is 27.1 Å². The summed E-state index contributed by atoms with van der Waals surface area (Å²) < 4.78 is 0. The maximum absolute atomic E-state index is 9.30. The van der Waals surface area contributed by atoms with Gasteiger partial charge in [-0.3, -0.25) is 33.4 Å². The molecule has 0 aromatic heterocycles. The van der Waals surface area contributed by atoms with Gasteiger partial charge in [0.25, 0.3) is 15.5 Å². The second kappa shape index (κ2) is 49.4. The minimum atomic E-state index is -0.321. The molecule has 0 aliphatic carbocycles. The Labute approximate surface area is 308 Å². The normalized spacial score (nSPS) is 9.74. The van der Waals surface area contributed by atoms with Gasteiger partial charge in [0.1, 0.15) is 0 Å². The fourth-order valence-electron chi connectivity index (χ4n) is 1.76. The third kappa shape index (κ3) is 68.6. The van der Waals surface area contributed by atoms with Crippen molar-refractivity contribution in [2.75, 3.05) is 70.7 Å². The predicted octanol–water partition coefficient (Wildman–Crippen LogP) is -11.4. The highest BCUT2D eigenvalue weighted by atomic mass is 35.5. The average Bonchev–Trinajstić information content (AvgIpc) is 2.79. The Balaban J connectivity index is -0.0000000792. The molecule has 1 atom stereocenters. The van der Waals surface area contributed by atoms with E-state index in [4.69, 9.17) is 49.4 Å². The third-order valence-electron chi connectivity index (χ3n) is 3.03. The van der Waals surface area contributed by atoms with Gasteiger partial charge in [0, 0.05) is 62.8 Å². The van der Waals surface area contributed by atoms with Gasteiger partial charge in [0.05, 0.1) is 24.3 Å². The number of amidine groups is 3. The van der Waals surface area contributed by atoms with Gasteiger partial charge in [-0.2, -0.15) is 47.0 Å². The Hall–Kier alpha value is 1.50. The van der Waals surface area contributed by atoms with E-state index in [1.54, 1.807) is 30.4 Å². The summed E-state index contributed by atoms with van der Waals surface area (Å²) in [7, 11) is 0. The molecular formula is C21H54Cl3N7O3S8. The summed E-state index contributed by atoms with van der Waals surface area (Å²) in [6, 6.07) is 0. The second-order valence-corrected chi connectivity index (χ2v) is 15.6. The van der Waals surface area contributed by atoms with Crippen LogP contribution in [0.3, 0.4) is 0 Å². The van der Waals surface area contributed by atoms with Crippen LogP contribution in [0.2, 0.25) is 0 Å². The minimum absolute atomic E-state index is 0. The summed E-state index contributed by atoms with van der Waals surface area (Å²) in [5.74, 6) is 8.50. The molecule has 0 rings (SSSR count). The maximum atomic E-state index is 9.30. The fraction of sp³-hybridized carbons (Fsp3) is 0.810. The topological polar surface area (TPSA) is 242 Å². The molecule has 10 nitrogen and oxygen atoms in total. The molecule has 0 fully saturated rings. The van der Waals surface area contributed by atoms with E-state index in [0.717, 1.165) is 34.5 Å². The maximum Gasteiger partial charge on any atom is 0.299 e. The molecule has 0 aromatic carbocycles. The number of rotatable bonds is 19. The Kier molecular flexibility index (Phi) is 73.3. The first-order valence-electron chi connectivity index (χ1n) is 11.0. The molecular weight excluding hydrogens is 761 g/mol. The average molecular weight is 816 g/mol. The van der Waals surface area contributed by atoms with Crippen molar-refractivity contribution in [3.05, 3.63) is 0 Å². The van der Waals surface area contributed by atoms with Crippen molar-refractivity contribution in [3.63, 3.8) is 0 Å². The summed E-state index contributed by atoms with van der Waals surface area (Å²) in [4.78, 5) is 0.500. The highest BCUT2D eigenvalue weighted by Crippen LogP contribution is 2.22. The van der Waals surface area contributed by atoms with Gasteiger partial charge in [-0.15, -0.1) is 0 Å². The zero-order valence-electron chi connectivity index (χ0n) is 22.4. The first-order valence-corrected chi connectivity index (χ1v) is 18.9. The number of aliphatic hydroxyl groups excluding tert-OH is 3. The lowest BCUT2D eigenvalue weighted by atomic mass is 10.5. The van der Waals surface area contributed by atoms with Crippen molar-refractivity contribution in [1.82, 2.24) is 0 Å². The number of thioether (sulfide) groups is 7. The van der Waals surface area contributed by atoms with E-state index < -0.39 is 0 Å². The van der Waals surface area contributed by atoms with Crippen LogP contribution < -0.4 is 76.4 Å². The Morgan fingerprint density at radius 1 is 0.643 bits per heavy atom. The molecule has 17 N–H and O–H groups in total. The van der Waals surface area contributed by atoms with Crippen molar-refractivity contribution in [2.45, 2.75) is 33.1 Å². The van der Waals surface area contributed by atoms with E-state index in [0.29, 0.717) is 48.8 Å². The smallest absolute Gasteiger partial charge is 0.299 e. The van der Waals surface area contributed by atoms with Gasteiger partial charge >= 0.3 is 0 Å². The Bertz CT molecular complexity index is 601. The monoisotopic (exact) mass is 813 g/mol. The Morgan fingerprint density at radius 2 is 1.00 bits per heavy atom. The molecule has 42 heavy (non-hydrogen) atoms. The van der Waals surface area contributed by atoms with Crippen molar-refractivity contribution in [1.29, 1.82) is 0 Å². The van der Waals surface area contributed by atoms with Crippen LogP contribution in [0.1, 0.15) is 21.8 Å². The van der Waals surface area contributed by atoms with E-state index in [9.17, 15) is 5.11 Å². The summed E-state index contributed by atoms with van der Waals surface area (Å²) in [6.07, 6.45) is -0.321. The molecule has 0 aliphatic rings. The summed E-state index contributed by atoms with van der Waals surface area (Å²) in [6.45, 7) is 2.01. The first kappa shape index (κ1) is 62.3. The molecule has 0 bridgehead atoms. The molecule has 0 aromatic rings. The minimum Gasteiger partial charge on any atom is -1.00 e. The molecule has 260 valence electrons. The van der Waals surface area contributed by atoms with Crippen molar-refractivity contribution in [2.24, 2.45) is 22.9 Å². The van der Waals surface area contributed by atoms with Crippen molar-refractivity contribution >= 4 is 115 Å². The van der Waals surface area contributed by atoms with Crippen LogP contribution in [0.25, 0.3) is 0 Å². The number of aliphatic hydroxyl groups is 3. The standard InChI is InChI=1S/C10H22N6S5.C7H16O3S2.C2H5NS.2CH4.3ClH/c11-8(12)19-2-1-17-5-7(6-21-10(15)16)18-3-4-20-9(13)14;8-1-3-11-5-7(10)6-12-4-2-9;1-2(3)4;;;;;/h7H,1-6H2,(H3,11,12)(H3,13,14)(H3,15,16);7-10H,1-6H2;1H3,(H2,3,4);2*1H4;3*1H. The molecule has 0 amide bonds. The van der Waals surface area contributed by atoms with E-state index in [1.165, 1.54) is 35.3 Å². The van der Waals surface area contributed by atoms with Gasteiger partial charge in [-0.05, 0) is 42.2 Å². The van der Waals surface area contributed by atoms with Gasteiger partial charge in [0.15, 0.2) is 0 Å². The number of halogens is 3. The fourth-order valence-corrected chi connectivity index (χ4v) is 8.06. The molecule has 0 saturated carbocycles. The number of thiocarbonyl (C=S) groups is 1. The molecule has 1 unspecified atom stereocenters. The third-order valence-corrected chi connectivity index (χ3v) is 10.9. The van der Waals surface area contributed by atoms with Crippen LogP contribution in [0.5, 0.6) is 0 Å². The quantitative estimate of drug-likeness (QED) is 0.0252. The number of hydrogen-bond acceptors (Lipinski definition) is 11. The molecule has 21 heteroatoms. The van der Waals surface area contributed by atoms with Crippen molar-refractivity contribution in [3.8, 4) is 0 Å². The lowest BCUT2D eigenvalue weighted by molar-refractivity contribution is -0.110. The number of nitrogens with two attached hydrogens (primary N) is 7. The molecule has 0 heterocycles. The van der Waals surface area contributed by atoms with E-state index in [2.05, 4.69) is 12.2 Å². The van der Waals surface area contributed by atoms with E-state index in [-0.39, 0.29) is 71.4 Å². The summed E-state index contributed by atoms with van der Waals surface area (Å²) in [5.41, 5.74) is 21.2. The molecule has 0 saturated heterocycles. The molecule has 0 aliphatic heterocycles. The van der Waals surface area contributed by atoms with Crippen LogP contribution in [-0.2, 0) is 0 Å². The van der Waals surface area contributed by atoms with Crippen LogP contribution >= 0.6 is 94.6 Å². The van der Waals surface area contributed by atoms with Crippen LogP contribution in [0.15, 0.2) is 0 Å². The predicted molar refractivity (Wildman–Crippen MR) is 195 cm³/mol. The second-order valence-electron chi connectivity index (χ2n) is 6.64. The highest BCUT2D eigenvalue weighted by Gasteiger charge is 2.13. The zero-order valence-corrected chi connectivity index (χ0v) is 31.2. The van der Waals surface area contributed by atoms with Crippen LogP contribution in [-0.4, -0.2) is 118 Å². The Morgan fingerprint density at radius 3 is 1.36 bits per heavy atom. The molecule has 0 spiro atoms. The lowest BCUT2D eigenvalue weighted by Crippen LogP contribution is -3.00. The van der Waals surface area contributed by atoms with Gasteiger partial charge < -0.3 is 58.3 Å². The van der Waals surface area contributed by atoms with E-state index in [1.807, 2.05) is 23.5 Å². The SMILES string of the molecule is C.C.CC(N)=S.NC(=[NH2+])SCCSCC(CSC(N)=[NH2+])SCCSC(N)=[NH2+].OCCSCC(O)CSCCO.[Cl-].[Cl-].[Cl-]. The lowest BCUT2D eigenvalue weighted by Gasteiger charge is -2.14. The zero-order chi connectivity index (χ0) is 28.9.